The van der Waals surface area contributed by atoms with Gasteiger partial charge in [-0.25, -0.2) is 0 Å². The van der Waals surface area contributed by atoms with E-state index in [9.17, 15) is 19.2 Å². The minimum atomic E-state index is -0.964. The van der Waals surface area contributed by atoms with Crippen molar-refractivity contribution >= 4 is 40.2 Å². The highest BCUT2D eigenvalue weighted by Gasteiger charge is 2.44. The van der Waals surface area contributed by atoms with Crippen molar-refractivity contribution in [3.05, 3.63) is 65.7 Å². The third-order valence-corrected chi connectivity index (χ3v) is 9.06. The summed E-state index contributed by atoms with van der Waals surface area (Å²) < 4.78 is 2.13. The van der Waals surface area contributed by atoms with E-state index < -0.39 is 23.8 Å². The molecule has 8 rings (SSSR count). The Balaban J connectivity index is 0.921. The second-order valence-corrected chi connectivity index (χ2v) is 11.9. The molecule has 11 heteroatoms. The monoisotopic (exact) mass is 563 g/mol. The molecule has 212 valence electrons. The number of hydrogen-bond acceptors (Lipinski definition) is 7. The maximum Gasteiger partial charge on any atom is 0.262 e. The number of pyridine rings is 1. The number of H-pyrrole nitrogens is 1. The molecule has 1 atom stereocenters. The Kier molecular flexibility index (Phi) is 5.56. The molecule has 4 aromatic rings. The van der Waals surface area contributed by atoms with Crippen LogP contribution in [0, 0.1) is 5.92 Å². The number of rotatable bonds is 7. The number of anilines is 1. The summed E-state index contributed by atoms with van der Waals surface area (Å²) in [7, 11) is 0. The summed E-state index contributed by atoms with van der Waals surface area (Å²) >= 11 is 0. The van der Waals surface area contributed by atoms with E-state index in [1.807, 2.05) is 18.5 Å². The number of fused-ring (bicyclic) bond motifs is 2. The zero-order valence-corrected chi connectivity index (χ0v) is 22.8. The topological polar surface area (TPSA) is 142 Å². The Morgan fingerprint density at radius 3 is 2.60 bits per heavy atom. The number of nitrogens with zero attached hydrogens (tertiary/aromatic N) is 4. The first kappa shape index (κ1) is 25.0. The summed E-state index contributed by atoms with van der Waals surface area (Å²) in [5.41, 5.74) is 5.63. The summed E-state index contributed by atoms with van der Waals surface area (Å²) in [5.74, 6) is -1.02. The number of carbonyl (C=O) groups is 4. The first-order chi connectivity index (χ1) is 20.4. The van der Waals surface area contributed by atoms with E-state index in [1.165, 1.54) is 12.8 Å². The van der Waals surface area contributed by atoms with E-state index in [4.69, 9.17) is 10.1 Å². The second kappa shape index (κ2) is 9.37. The van der Waals surface area contributed by atoms with E-state index in [0.29, 0.717) is 17.9 Å². The Bertz CT molecular complexity index is 1800. The van der Waals surface area contributed by atoms with Crippen molar-refractivity contribution in [3.63, 3.8) is 0 Å². The molecular formula is C31H29N7O4. The van der Waals surface area contributed by atoms with Gasteiger partial charge in [0.1, 0.15) is 6.04 Å². The van der Waals surface area contributed by atoms with Gasteiger partial charge in [-0.15, -0.1) is 0 Å². The van der Waals surface area contributed by atoms with Crippen LogP contribution in [0.5, 0.6) is 0 Å². The van der Waals surface area contributed by atoms with Gasteiger partial charge in [0.2, 0.25) is 11.8 Å². The van der Waals surface area contributed by atoms with E-state index >= 15 is 0 Å². The lowest BCUT2D eigenvalue weighted by Crippen LogP contribution is -2.54. The maximum absolute atomic E-state index is 13.1. The van der Waals surface area contributed by atoms with Crippen LogP contribution in [0.4, 0.5) is 5.69 Å². The van der Waals surface area contributed by atoms with Crippen molar-refractivity contribution in [2.24, 2.45) is 5.92 Å². The average Bonchev–Trinajstić information content (AvgIpc) is 3.44. The molecule has 3 N–H and O–H groups in total. The minimum absolute atomic E-state index is 0.0981. The molecule has 1 saturated heterocycles. The first-order valence-electron chi connectivity index (χ1n) is 14.5. The van der Waals surface area contributed by atoms with Crippen molar-refractivity contribution in [3.8, 4) is 11.3 Å². The number of piperidine rings is 1. The van der Waals surface area contributed by atoms with Gasteiger partial charge in [0.25, 0.3) is 11.8 Å². The highest BCUT2D eigenvalue weighted by molar-refractivity contribution is 6.23. The number of hydrogen-bond donors (Lipinski definition) is 3. The predicted molar refractivity (Wildman–Crippen MR) is 153 cm³/mol. The molecule has 3 aromatic heterocycles. The van der Waals surface area contributed by atoms with Gasteiger partial charge in [-0.1, -0.05) is 0 Å². The average molecular weight is 564 g/mol. The van der Waals surface area contributed by atoms with Gasteiger partial charge in [-0.3, -0.25) is 39.1 Å². The molecule has 0 bridgehead atoms. The number of nitrogens with one attached hydrogen (secondary N) is 3. The van der Waals surface area contributed by atoms with E-state index in [0.717, 1.165) is 57.8 Å². The Labute approximate surface area is 240 Å². The van der Waals surface area contributed by atoms with E-state index in [-0.39, 0.29) is 29.9 Å². The van der Waals surface area contributed by atoms with Crippen LogP contribution >= 0.6 is 0 Å². The first-order valence-corrected chi connectivity index (χ1v) is 14.5. The third kappa shape index (κ3) is 4.10. The fourth-order valence-electron chi connectivity index (χ4n) is 6.47. The molecule has 11 nitrogen and oxygen atoms in total. The molecule has 3 fully saturated rings. The highest BCUT2D eigenvalue weighted by atomic mass is 16.2. The fraction of sp³-hybridized carbons (Fsp3) is 0.355. The van der Waals surface area contributed by atoms with Crippen LogP contribution in [0.3, 0.4) is 0 Å². The molecule has 42 heavy (non-hydrogen) atoms. The van der Waals surface area contributed by atoms with Crippen LogP contribution < -0.4 is 10.6 Å². The number of imide groups is 2. The largest absolute Gasteiger partial charge is 0.385 e. The highest BCUT2D eigenvalue weighted by Crippen LogP contribution is 2.45. The number of carbonyl (C=O) groups excluding carboxylic acids is 4. The fourth-order valence-corrected chi connectivity index (χ4v) is 6.47. The Morgan fingerprint density at radius 1 is 0.952 bits per heavy atom. The molecule has 4 aliphatic rings. The number of amides is 4. The van der Waals surface area contributed by atoms with Gasteiger partial charge in [-0.2, -0.15) is 5.10 Å². The predicted octanol–water partition coefficient (Wildman–Crippen LogP) is 3.77. The third-order valence-electron chi connectivity index (χ3n) is 9.06. The summed E-state index contributed by atoms with van der Waals surface area (Å²) in [6, 6.07) is 8.62. The lowest BCUT2D eigenvalue weighted by Gasteiger charge is -2.35. The lowest BCUT2D eigenvalue weighted by molar-refractivity contribution is -0.136. The standard InChI is InChI=1S/C31H29N7O4/c39-27-6-5-26(29(40)35-27)38-30(41)21-4-3-19(11-22(21)31(38)42)33-13-16-9-20(10-16)37-15-23(28(36-37)17-1-2-17)25-12-24-18(14-34-25)7-8-32-24/h3-4,7-8,11-12,14-17,20,26,32-33H,1-2,5-6,9-10,13H2,(H,35,39,40)/t16-,20-,26?. The van der Waals surface area contributed by atoms with E-state index in [1.54, 1.807) is 18.2 Å². The molecule has 2 aliphatic heterocycles. The van der Waals surface area contributed by atoms with Crippen LogP contribution in [0.2, 0.25) is 0 Å². The second-order valence-electron chi connectivity index (χ2n) is 11.9. The van der Waals surface area contributed by atoms with Gasteiger partial charge in [0.15, 0.2) is 0 Å². The minimum Gasteiger partial charge on any atom is -0.385 e. The van der Waals surface area contributed by atoms with Gasteiger partial charge in [0, 0.05) is 59.6 Å². The Morgan fingerprint density at radius 2 is 1.79 bits per heavy atom. The summed E-state index contributed by atoms with van der Waals surface area (Å²) in [5, 5.41) is 11.8. The molecule has 0 spiro atoms. The van der Waals surface area contributed by atoms with E-state index in [2.05, 4.69) is 32.6 Å². The van der Waals surface area contributed by atoms with Crippen molar-refractivity contribution in [1.82, 2.24) is 30.0 Å². The zero-order chi connectivity index (χ0) is 28.5. The molecule has 2 saturated carbocycles. The molecule has 1 unspecified atom stereocenters. The molecule has 1 aromatic carbocycles. The molecule has 0 radical (unpaired) electrons. The quantitative estimate of drug-likeness (QED) is 0.291. The normalized spacial score (nSPS) is 23.7. The number of benzene rings is 1. The van der Waals surface area contributed by atoms with Crippen LogP contribution in [0.15, 0.2) is 48.9 Å². The van der Waals surface area contributed by atoms with Gasteiger partial charge < -0.3 is 10.3 Å². The van der Waals surface area contributed by atoms with Crippen LogP contribution in [-0.2, 0) is 9.59 Å². The van der Waals surface area contributed by atoms with Crippen LogP contribution in [0.25, 0.3) is 22.2 Å². The van der Waals surface area contributed by atoms with Crippen molar-refractivity contribution in [2.75, 3.05) is 11.9 Å². The summed E-state index contributed by atoms with van der Waals surface area (Å²) in [6.45, 7) is 0.739. The van der Waals surface area contributed by atoms with Crippen LogP contribution in [-0.4, -0.2) is 60.9 Å². The smallest absolute Gasteiger partial charge is 0.262 e. The van der Waals surface area contributed by atoms with Gasteiger partial charge >= 0.3 is 0 Å². The van der Waals surface area contributed by atoms with Gasteiger partial charge in [-0.05, 0) is 68.4 Å². The maximum atomic E-state index is 13.1. The van der Waals surface area contributed by atoms with Crippen molar-refractivity contribution in [1.29, 1.82) is 0 Å². The molecule has 2 aliphatic carbocycles. The molecule has 5 heterocycles. The van der Waals surface area contributed by atoms with Crippen LogP contribution in [0.1, 0.15) is 76.9 Å². The van der Waals surface area contributed by atoms with Crippen molar-refractivity contribution < 1.29 is 19.2 Å². The Hall–Kier alpha value is -4.80. The van der Waals surface area contributed by atoms with Gasteiger partial charge in [0.05, 0.1) is 28.6 Å². The molecule has 4 amide bonds. The lowest BCUT2D eigenvalue weighted by atomic mass is 9.80. The number of aromatic nitrogens is 4. The summed E-state index contributed by atoms with van der Waals surface area (Å²) in [6.07, 6.45) is 10.6. The zero-order valence-electron chi connectivity index (χ0n) is 22.8. The SMILES string of the molecule is O=C1CCC(N2C(=O)c3ccc(NC[C@H]4C[C@H](n5cc(-c6cc7[nH]ccc7cn6)c(C6CC6)n5)C4)cc3C2=O)C(=O)N1. The number of aromatic amines is 1. The van der Waals surface area contributed by atoms with Crippen molar-refractivity contribution in [2.45, 2.75) is 56.5 Å². The molecular weight excluding hydrogens is 534 g/mol. The summed E-state index contributed by atoms with van der Waals surface area (Å²) in [4.78, 5) is 58.9.